The molecule has 122 valence electrons. The van der Waals surface area contributed by atoms with Gasteiger partial charge in [0.15, 0.2) is 0 Å². The molecule has 2 N–H and O–H groups in total. The van der Waals surface area contributed by atoms with Crippen molar-refractivity contribution in [1.29, 1.82) is 0 Å². The van der Waals surface area contributed by atoms with Crippen LogP contribution in [0.2, 0.25) is 0 Å². The maximum absolute atomic E-state index is 11.6. The fourth-order valence-corrected chi connectivity index (χ4v) is 2.15. The second kappa shape index (κ2) is 6.91. The Kier molecular flexibility index (Phi) is 5.18. The first-order chi connectivity index (χ1) is 10.3. The molecule has 0 aliphatic carbocycles. The van der Waals surface area contributed by atoms with E-state index >= 15 is 0 Å². The molecular weight excluding hydrogens is 282 g/mol. The summed E-state index contributed by atoms with van der Waals surface area (Å²) in [5, 5.41) is 6.03. The van der Waals surface area contributed by atoms with Crippen LogP contribution in [-0.4, -0.2) is 48.3 Å². The molecule has 1 amide bonds. The van der Waals surface area contributed by atoms with Crippen molar-refractivity contribution in [1.82, 2.24) is 20.6 Å². The maximum atomic E-state index is 11.6. The van der Waals surface area contributed by atoms with Crippen LogP contribution in [0, 0.1) is 0 Å². The number of likely N-dealkylation sites (N-methyl/N-ethyl adjacent to an activating group) is 1. The van der Waals surface area contributed by atoms with Gasteiger partial charge in [-0.15, -0.1) is 0 Å². The van der Waals surface area contributed by atoms with Crippen LogP contribution >= 0.6 is 0 Å². The lowest BCUT2D eigenvalue weighted by Gasteiger charge is -2.22. The number of aromatic nitrogens is 2. The van der Waals surface area contributed by atoms with Crippen molar-refractivity contribution in [2.75, 3.05) is 31.6 Å². The largest absolute Gasteiger partial charge is 0.444 e. The highest BCUT2D eigenvalue weighted by Gasteiger charge is 2.16. The highest BCUT2D eigenvalue weighted by atomic mass is 16.6. The highest BCUT2D eigenvalue weighted by Crippen LogP contribution is 2.13. The topological polar surface area (TPSA) is 79.4 Å². The van der Waals surface area contributed by atoms with Crippen LogP contribution in [-0.2, 0) is 17.7 Å². The van der Waals surface area contributed by atoms with Crippen LogP contribution in [0.15, 0.2) is 6.20 Å². The van der Waals surface area contributed by atoms with E-state index in [9.17, 15) is 4.79 Å². The maximum Gasteiger partial charge on any atom is 0.407 e. The quantitative estimate of drug-likeness (QED) is 0.866. The third-order valence-corrected chi connectivity index (χ3v) is 3.25. The number of nitrogens with zero attached hydrogens (tertiary/aromatic N) is 3. The van der Waals surface area contributed by atoms with Crippen LogP contribution in [0.1, 0.15) is 32.0 Å². The molecule has 2 rings (SSSR count). The summed E-state index contributed by atoms with van der Waals surface area (Å²) in [7, 11) is 1.92. The second-order valence-corrected chi connectivity index (χ2v) is 6.42. The summed E-state index contributed by atoms with van der Waals surface area (Å²) in [5.74, 6) is 0.687. The van der Waals surface area contributed by atoms with Crippen LogP contribution < -0.4 is 15.5 Å². The molecule has 2 heterocycles. The van der Waals surface area contributed by atoms with E-state index in [0.29, 0.717) is 19.0 Å². The highest BCUT2D eigenvalue weighted by molar-refractivity contribution is 5.67. The Labute approximate surface area is 131 Å². The molecule has 22 heavy (non-hydrogen) atoms. The number of carbonyl (C=O) groups excluding carboxylic acids is 1. The number of nitrogens with one attached hydrogen (secondary N) is 2. The van der Waals surface area contributed by atoms with Gasteiger partial charge in [-0.25, -0.2) is 14.8 Å². The van der Waals surface area contributed by atoms with Gasteiger partial charge >= 0.3 is 6.09 Å². The number of amides is 1. The van der Waals surface area contributed by atoms with Crippen molar-refractivity contribution < 1.29 is 9.53 Å². The number of rotatable bonds is 4. The molecule has 1 aliphatic rings. The van der Waals surface area contributed by atoms with Crippen LogP contribution in [0.3, 0.4) is 0 Å². The van der Waals surface area contributed by atoms with Crippen molar-refractivity contribution in [3.05, 3.63) is 17.5 Å². The average Bonchev–Trinajstić information content (AvgIpc) is 2.44. The van der Waals surface area contributed by atoms with Crippen LogP contribution in [0.4, 0.5) is 10.7 Å². The first-order valence-electron chi connectivity index (χ1n) is 7.58. The molecule has 7 nitrogen and oxygen atoms in total. The molecule has 0 fully saturated rings. The zero-order valence-corrected chi connectivity index (χ0v) is 13.8. The summed E-state index contributed by atoms with van der Waals surface area (Å²) in [5.41, 5.74) is 1.79. The Morgan fingerprint density at radius 1 is 1.50 bits per heavy atom. The fourth-order valence-electron chi connectivity index (χ4n) is 2.15. The molecule has 0 unspecified atom stereocenters. The van der Waals surface area contributed by atoms with Gasteiger partial charge in [0, 0.05) is 51.4 Å². The van der Waals surface area contributed by atoms with Gasteiger partial charge in [-0.05, 0) is 20.8 Å². The number of fused-ring (bicyclic) bond motifs is 1. The summed E-state index contributed by atoms with van der Waals surface area (Å²) in [6.07, 6.45) is 2.40. The van der Waals surface area contributed by atoms with Crippen molar-refractivity contribution in [3.63, 3.8) is 0 Å². The Morgan fingerprint density at radius 2 is 2.27 bits per heavy atom. The molecule has 1 aromatic heterocycles. The van der Waals surface area contributed by atoms with E-state index in [0.717, 1.165) is 30.8 Å². The third-order valence-electron chi connectivity index (χ3n) is 3.25. The van der Waals surface area contributed by atoms with E-state index in [2.05, 4.69) is 20.6 Å². The molecule has 0 aromatic carbocycles. The minimum absolute atomic E-state index is 0.404. The lowest BCUT2D eigenvalue weighted by atomic mass is 10.1. The van der Waals surface area contributed by atoms with Gasteiger partial charge in [-0.3, -0.25) is 0 Å². The molecule has 7 heteroatoms. The fraction of sp³-hybridized carbons (Fsp3) is 0.667. The van der Waals surface area contributed by atoms with Crippen molar-refractivity contribution in [2.24, 2.45) is 0 Å². The summed E-state index contributed by atoms with van der Waals surface area (Å²) in [6.45, 7) is 8.41. The molecule has 0 saturated heterocycles. The lowest BCUT2D eigenvalue weighted by Crippen LogP contribution is -2.37. The Bertz CT molecular complexity index is 527. The van der Waals surface area contributed by atoms with Gasteiger partial charge < -0.3 is 20.3 Å². The van der Waals surface area contributed by atoms with Gasteiger partial charge in [0.25, 0.3) is 0 Å². The molecule has 0 atom stereocenters. The predicted molar refractivity (Wildman–Crippen MR) is 84.9 cm³/mol. The lowest BCUT2D eigenvalue weighted by molar-refractivity contribution is 0.0529. The third kappa shape index (κ3) is 4.84. The monoisotopic (exact) mass is 307 g/mol. The first kappa shape index (κ1) is 16.5. The zero-order valence-electron chi connectivity index (χ0n) is 13.8. The van der Waals surface area contributed by atoms with E-state index in [-0.39, 0.29) is 0 Å². The molecule has 0 saturated carbocycles. The molecular formula is C15H25N5O2. The van der Waals surface area contributed by atoms with Gasteiger partial charge in [0.2, 0.25) is 5.95 Å². The van der Waals surface area contributed by atoms with Crippen molar-refractivity contribution in [2.45, 2.75) is 39.3 Å². The second-order valence-electron chi connectivity index (χ2n) is 6.42. The number of hydrogen-bond acceptors (Lipinski definition) is 6. The number of alkyl carbamates (subject to hydrolysis) is 1. The first-order valence-corrected chi connectivity index (χ1v) is 7.58. The number of carbonyl (C=O) groups is 1. The van der Waals surface area contributed by atoms with Gasteiger partial charge in [-0.2, -0.15) is 0 Å². The van der Waals surface area contributed by atoms with Crippen molar-refractivity contribution >= 4 is 12.0 Å². The Balaban J connectivity index is 1.82. The number of ether oxygens (including phenoxy) is 1. The number of hydrogen-bond donors (Lipinski definition) is 2. The van der Waals surface area contributed by atoms with E-state index in [1.807, 2.05) is 38.9 Å². The van der Waals surface area contributed by atoms with E-state index in [4.69, 9.17) is 4.74 Å². The summed E-state index contributed by atoms with van der Waals surface area (Å²) < 4.78 is 5.19. The minimum atomic E-state index is -0.481. The van der Waals surface area contributed by atoms with Crippen LogP contribution in [0.5, 0.6) is 0 Å². The average molecular weight is 307 g/mol. The number of anilines is 1. The van der Waals surface area contributed by atoms with Gasteiger partial charge in [0.1, 0.15) is 5.60 Å². The van der Waals surface area contributed by atoms with E-state index in [1.54, 1.807) is 0 Å². The molecule has 0 spiro atoms. The van der Waals surface area contributed by atoms with Gasteiger partial charge in [0.05, 0.1) is 5.69 Å². The smallest absolute Gasteiger partial charge is 0.407 e. The minimum Gasteiger partial charge on any atom is -0.444 e. The molecule has 1 aliphatic heterocycles. The molecule has 0 radical (unpaired) electrons. The van der Waals surface area contributed by atoms with Crippen molar-refractivity contribution in [3.8, 4) is 0 Å². The Hall–Kier alpha value is -1.89. The summed E-state index contributed by atoms with van der Waals surface area (Å²) >= 11 is 0. The SMILES string of the molecule is CN(CCNC(=O)OC(C)(C)C)c1ncc2c(n1)CCNC2. The normalized spacial score (nSPS) is 14.2. The summed E-state index contributed by atoms with van der Waals surface area (Å²) in [4.78, 5) is 22.5. The van der Waals surface area contributed by atoms with E-state index < -0.39 is 11.7 Å². The van der Waals surface area contributed by atoms with Gasteiger partial charge in [-0.1, -0.05) is 0 Å². The zero-order chi connectivity index (χ0) is 16.2. The Morgan fingerprint density at radius 3 is 3.00 bits per heavy atom. The van der Waals surface area contributed by atoms with Crippen LogP contribution in [0.25, 0.3) is 0 Å². The summed E-state index contributed by atoms with van der Waals surface area (Å²) in [6, 6.07) is 0. The standard InChI is InChI=1S/C15H25N5O2/c1-15(2,3)22-14(21)17-7-8-20(4)13-18-10-11-9-16-6-5-12(11)19-13/h10,16H,5-9H2,1-4H3,(H,17,21). The molecule has 0 bridgehead atoms. The predicted octanol–water partition coefficient (Wildman–Crippen LogP) is 1.08. The van der Waals surface area contributed by atoms with E-state index in [1.165, 1.54) is 0 Å². The molecule has 1 aromatic rings.